The molecule has 1 unspecified atom stereocenters. The zero-order valence-corrected chi connectivity index (χ0v) is 11.2. The molecule has 1 amide bonds. The summed E-state index contributed by atoms with van der Waals surface area (Å²) in [5.41, 5.74) is -0.969. The van der Waals surface area contributed by atoms with E-state index in [4.69, 9.17) is 0 Å². The van der Waals surface area contributed by atoms with E-state index in [9.17, 15) is 18.3 Å². The van der Waals surface area contributed by atoms with Gasteiger partial charge in [0.1, 0.15) is 4.75 Å². The van der Waals surface area contributed by atoms with Crippen molar-refractivity contribution in [2.45, 2.75) is 30.6 Å². The molecular weight excluding hydrogens is 244 g/mol. The van der Waals surface area contributed by atoms with Crippen LogP contribution < -0.4 is 10.6 Å². The maximum absolute atomic E-state index is 11.8. The maximum Gasteiger partial charge on any atom is 0.240 e. The highest BCUT2D eigenvalue weighted by molar-refractivity contribution is 7.92. The van der Waals surface area contributed by atoms with Gasteiger partial charge in [0, 0.05) is 19.3 Å². The fourth-order valence-corrected chi connectivity index (χ4v) is 1.92. The van der Waals surface area contributed by atoms with Crippen LogP contribution in [0.15, 0.2) is 0 Å². The number of carbonyl (C=O) groups excluding carboxylic acids is 1. The Morgan fingerprint density at radius 1 is 1.53 bits per heavy atom. The monoisotopic (exact) mass is 264 g/mol. The first-order valence-electron chi connectivity index (χ1n) is 5.49. The molecule has 7 heteroatoms. The van der Waals surface area contributed by atoms with Gasteiger partial charge in [-0.2, -0.15) is 0 Å². The molecule has 6 nitrogen and oxygen atoms in total. The first-order valence-corrected chi connectivity index (χ1v) is 7.39. The van der Waals surface area contributed by atoms with Crippen LogP contribution in [0.2, 0.25) is 0 Å². The Morgan fingerprint density at radius 3 is 2.53 bits per heavy atom. The van der Waals surface area contributed by atoms with Gasteiger partial charge in [-0.3, -0.25) is 4.79 Å². The molecular formula is C10H20N2O4S. The van der Waals surface area contributed by atoms with E-state index < -0.39 is 26.1 Å². The summed E-state index contributed by atoms with van der Waals surface area (Å²) in [5, 5.41) is 15.5. The molecule has 1 aliphatic heterocycles. The number of rotatable bonds is 4. The van der Waals surface area contributed by atoms with Crippen LogP contribution in [-0.4, -0.2) is 55.7 Å². The summed E-state index contributed by atoms with van der Waals surface area (Å²) in [5.74, 6) is -0.583. The lowest BCUT2D eigenvalue weighted by Gasteiger charge is -2.26. The topological polar surface area (TPSA) is 95.5 Å². The number of sulfone groups is 1. The Balaban J connectivity index is 2.61. The lowest BCUT2D eigenvalue weighted by molar-refractivity contribution is -0.124. The number of hydrogen-bond donors (Lipinski definition) is 3. The van der Waals surface area contributed by atoms with Crippen molar-refractivity contribution < 1.29 is 18.3 Å². The third-order valence-electron chi connectivity index (χ3n) is 3.27. The molecule has 3 N–H and O–H groups in total. The number of carbonyl (C=O) groups is 1. The van der Waals surface area contributed by atoms with Gasteiger partial charge >= 0.3 is 0 Å². The summed E-state index contributed by atoms with van der Waals surface area (Å²) < 4.78 is 21.4. The van der Waals surface area contributed by atoms with E-state index in [1.165, 1.54) is 13.8 Å². The molecule has 1 fully saturated rings. The second kappa shape index (κ2) is 4.55. The minimum Gasteiger partial charge on any atom is -0.387 e. The van der Waals surface area contributed by atoms with E-state index in [-0.39, 0.29) is 6.54 Å². The average Bonchev–Trinajstić information content (AvgIpc) is 2.60. The molecule has 0 aliphatic carbocycles. The van der Waals surface area contributed by atoms with Crippen molar-refractivity contribution in [3.63, 3.8) is 0 Å². The minimum absolute atomic E-state index is 0.0672. The first kappa shape index (κ1) is 14.4. The molecule has 1 aliphatic rings. The molecule has 0 saturated carbocycles. The predicted molar refractivity (Wildman–Crippen MR) is 64.4 cm³/mol. The van der Waals surface area contributed by atoms with Crippen LogP contribution in [0.5, 0.6) is 0 Å². The Hall–Kier alpha value is -0.660. The lowest BCUT2D eigenvalue weighted by Crippen LogP contribution is -2.52. The van der Waals surface area contributed by atoms with Crippen LogP contribution in [0.1, 0.15) is 20.3 Å². The zero-order chi connectivity index (χ0) is 13.3. The van der Waals surface area contributed by atoms with Gasteiger partial charge in [0.2, 0.25) is 5.91 Å². The lowest BCUT2D eigenvalue weighted by atomic mass is 10.0. The van der Waals surface area contributed by atoms with Crippen molar-refractivity contribution >= 4 is 15.7 Å². The zero-order valence-electron chi connectivity index (χ0n) is 10.4. The SMILES string of the molecule is CC(C)(C(=O)NCC1(O)CCNC1)S(C)(=O)=O. The summed E-state index contributed by atoms with van der Waals surface area (Å²) in [7, 11) is -3.48. The number of nitrogens with one attached hydrogen (secondary N) is 2. The molecule has 0 aromatic carbocycles. The highest BCUT2D eigenvalue weighted by atomic mass is 32.2. The molecule has 100 valence electrons. The molecule has 0 aromatic rings. The second-order valence-electron chi connectivity index (χ2n) is 5.12. The van der Waals surface area contributed by atoms with Crippen molar-refractivity contribution in [3.05, 3.63) is 0 Å². The Labute approximate surface area is 102 Å². The summed E-state index contributed by atoms with van der Waals surface area (Å²) in [4.78, 5) is 11.8. The van der Waals surface area contributed by atoms with Crippen LogP contribution in [0.25, 0.3) is 0 Å². The Bertz CT molecular complexity index is 397. The van der Waals surface area contributed by atoms with E-state index >= 15 is 0 Å². The molecule has 17 heavy (non-hydrogen) atoms. The van der Waals surface area contributed by atoms with E-state index in [0.29, 0.717) is 19.5 Å². The van der Waals surface area contributed by atoms with Crippen LogP contribution in [0, 0.1) is 0 Å². The fraction of sp³-hybridized carbons (Fsp3) is 0.900. The van der Waals surface area contributed by atoms with Crippen molar-refractivity contribution in [2.24, 2.45) is 0 Å². The summed E-state index contributed by atoms with van der Waals surface area (Å²) in [6, 6.07) is 0. The number of hydrogen-bond acceptors (Lipinski definition) is 5. The third kappa shape index (κ3) is 3.17. The number of aliphatic hydroxyl groups is 1. The van der Waals surface area contributed by atoms with Gasteiger partial charge in [-0.25, -0.2) is 8.42 Å². The van der Waals surface area contributed by atoms with Crippen LogP contribution >= 0.6 is 0 Å². The van der Waals surface area contributed by atoms with Gasteiger partial charge in [0.25, 0.3) is 0 Å². The molecule has 0 spiro atoms. The highest BCUT2D eigenvalue weighted by Gasteiger charge is 2.40. The van der Waals surface area contributed by atoms with E-state index in [1.807, 2.05) is 0 Å². The molecule has 1 atom stereocenters. The van der Waals surface area contributed by atoms with Crippen molar-refractivity contribution in [2.75, 3.05) is 25.9 Å². The van der Waals surface area contributed by atoms with Crippen molar-refractivity contribution in [1.29, 1.82) is 0 Å². The van der Waals surface area contributed by atoms with Gasteiger partial charge in [-0.1, -0.05) is 0 Å². The summed E-state index contributed by atoms with van der Waals surface area (Å²) in [6.07, 6.45) is 1.57. The Kier molecular flexibility index (Phi) is 3.85. The van der Waals surface area contributed by atoms with Gasteiger partial charge in [-0.05, 0) is 26.8 Å². The third-order valence-corrected chi connectivity index (χ3v) is 5.31. The van der Waals surface area contributed by atoms with Gasteiger partial charge in [0.05, 0.1) is 5.60 Å². The standard InChI is InChI=1S/C10H20N2O4S/c1-9(2,17(3,15)16)8(13)12-7-10(14)4-5-11-6-10/h11,14H,4-7H2,1-3H3,(H,12,13). The van der Waals surface area contributed by atoms with E-state index in [2.05, 4.69) is 10.6 Å². The average molecular weight is 264 g/mol. The number of β-amino-alcohol motifs (C(OH)–C–C–N with tert-alkyl or cyclic N) is 1. The predicted octanol–water partition coefficient (Wildman–Crippen LogP) is -1.35. The van der Waals surface area contributed by atoms with Gasteiger partial charge in [0.15, 0.2) is 9.84 Å². The Morgan fingerprint density at radius 2 is 2.12 bits per heavy atom. The highest BCUT2D eigenvalue weighted by Crippen LogP contribution is 2.17. The largest absolute Gasteiger partial charge is 0.387 e. The quantitative estimate of drug-likeness (QED) is 0.583. The second-order valence-corrected chi connectivity index (χ2v) is 7.68. The fourth-order valence-electron chi connectivity index (χ4n) is 1.51. The van der Waals surface area contributed by atoms with E-state index in [1.54, 1.807) is 0 Å². The van der Waals surface area contributed by atoms with Gasteiger partial charge in [-0.15, -0.1) is 0 Å². The molecule has 1 saturated heterocycles. The summed E-state index contributed by atoms with van der Waals surface area (Å²) in [6.45, 7) is 3.88. The summed E-state index contributed by atoms with van der Waals surface area (Å²) >= 11 is 0. The molecule has 1 rings (SSSR count). The van der Waals surface area contributed by atoms with Crippen molar-refractivity contribution in [1.82, 2.24) is 10.6 Å². The first-order chi connectivity index (χ1) is 7.58. The minimum atomic E-state index is -3.48. The van der Waals surface area contributed by atoms with Crippen molar-refractivity contribution in [3.8, 4) is 0 Å². The van der Waals surface area contributed by atoms with Gasteiger partial charge < -0.3 is 15.7 Å². The molecule has 0 radical (unpaired) electrons. The normalized spacial score (nSPS) is 25.9. The van der Waals surface area contributed by atoms with Crippen LogP contribution in [-0.2, 0) is 14.6 Å². The maximum atomic E-state index is 11.8. The van der Waals surface area contributed by atoms with E-state index in [0.717, 1.165) is 6.26 Å². The molecule has 0 bridgehead atoms. The molecule has 0 aromatic heterocycles. The van der Waals surface area contributed by atoms with Crippen LogP contribution in [0.3, 0.4) is 0 Å². The molecule has 1 heterocycles. The van der Waals surface area contributed by atoms with Crippen LogP contribution in [0.4, 0.5) is 0 Å². The smallest absolute Gasteiger partial charge is 0.240 e. The number of amides is 1.